The number of benzene rings is 3. The van der Waals surface area contributed by atoms with E-state index in [-0.39, 0.29) is 0 Å². The van der Waals surface area contributed by atoms with E-state index in [4.69, 9.17) is 4.74 Å². The summed E-state index contributed by atoms with van der Waals surface area (Å²) in [5.74, 6) is -1.63. The van der Waals surface area contributed by atoms with Gasteiger partial charge in [-0.25, -0.2) is 8.78 Å². The van der Waals surface area contributed by atoms with Crippen LogP contribution in [0.25, 0.3) is 22.3 Å². The van der Waals surface area contributed by atoms with Gasteiger partial charge in [0.15, 0.2) is 11.6 Å². The molecule has 140 valence electrons. The summed E-state index contributed by atoms with van der Waals surface area (Å²) in [6.45, 7) is 3.52. The number of aryl methyl sites for hydroxylation is 1. The Morgan fingerprint density at radius 1 is 0.778 bits per heavy atom. The molecule has 3 heteroatoms. The van der Waals surface area contributed by atoms with Gasteiger partial charge in [-0.2, -0.15) is 0 Å². The summed E-state index contributed by atoms with van der Waals surface area (Å²) in [7, 11) is 0. The molecule has 0 radical (unpaired) electrons. The largest absolute Gasteiger partial charge is 0.382 e. The van der Waals surface area contributed by atoms with Gasteiger partial charge >= 0.3 is 0 Å². The monoisotopic (exact) mass is 366 g/mol. The minimum absolute atomic E-state index is 0.309. The van der Waals surface area contributed by atoms with E-state index in [9.17, 15) is 8.78 Å². The van der Waals surface area contributed by atoms with Crippen LogP contribution in [0.5, 0.6) is 0 Å². The number of unbranched alkanes of at least 4 members (excludes halogenated alkanes) is 1. The number of hydrogen-bond acceptors (Lipinski definition) is 1. The zero-order chi connectivity index (χ0) is 19.1. The zero-order valence-corrected chi connectivity index (χ0v) is 15.6. The van der Waals surface area contributed by atoms with E-state index >= 15 is 0 Å². The Bertz CT molecular complexity index is 858. The minimum Gasteiger partial charge on any atom is -0.382 e. The first kappa shape index (κ1) is 19.2. The molecule has 3 aromatic carbocycles. The molecule has 0 aliphatic rings. The topological polar surface area (TPSA) is 9.23 Å². The van der Waals surface area contributed by atoms with Crippen LogP contribution in [0.1, 0.15) is 25.3 Å². The molecule has 0 unspecified atom stereocenters. The molecule has 0 aliphatic heterocycles. The lowest BCUT2D eigenvalue weighted by Gasteiger charge is -2.13. The summed E-state index contributed by atoms with van der Waals surface area (Å²) >= 11 is 0. The van der Waals surface area contributed by atoms with Gasteiger partial charge in [0.25, 0.3) is 0 Å². The molecule has 3 rings (SSSR count). The SMILES string of the molecule is CCOCCCCc1ccc(-c2c(-c3ccccc3)ccc(F)c2F)cc1. The van der Waals surface area contributed by atoms with Crippen molar-refractivity contribution in [2.45, 2.75) is 26.2 Å². The van der Waals surface area contributed by atoms with Crippen molar-refractivity contribution in [2.24, 2.45) is 0 Å². The Hall–Kier alpha value is -2.52. The second-order valence-electron chi connectivity index (χ2n) is 6.50. The van der Waals surface area contributed by atoms with Gasteiger partial charge in [0.2, 0.25) is 0 Å². The molecule has 0 fully saturated rings. The molecule has 3 aromatic rings. The van der Waals surface area contributed by atoms with Gasteiger partial charge in [-0.3, -0.25) is 0 Å². The summed E-state index contributed by atoms with van der Waals surface area (Å²) in [6.07, 6.45) is 3.01. The number of rotatable bonds is 8. The van der Waals surface area contributed by atoms with Crippen molar-refractivity contribution >= 4 is 0 Å². The Labute approximate surface area is 159 Å². The predicted molar refractivity (Wildman–Crippen MR) is 107 cm³/mol. The molecule has 0 bridgehead atoms. The van der Waals surface area contributed by atoms with Crippen LogP contribution in [0, 0.1) is 11.6 Å². The van der Waals surface area contributed by atoms with Crippen molar-refractivity contribution in [3.63, 3.8) is 0 Å². The third-order valence-electron chi connectivity index (χ3n) is 4.63. The minimum atomic E-state index is -0.829. The highest BCUT2D eigenvalue weighted by Crippen LogP contribution is 2.35. The smallest absolute Gasteiger partial charge is 0.167 e. The summed E-state index contributed by atoms with van der Waals surface area (Å²) < 4.78 is 33.9. The van der Waals surface area contributed by atoms with Gasteiger partial charge in [-0.05, 0) is 54.5 Å². The fourth-order valence-corrected chi connectivity index (χ4v) is 3.21. The molecule has 0 aromatic heterocycles. The third kappa shape index (κ3) is 4.81. The molecular formula is C24H24F2O. The normalized spacial score (nSPS) is 10.9. The van der Waals surface area contributed by atoms with Crippen LogP contribution in [0.15, 0.2) is 66.7 Å². The average Bonchev–Trinajstić information content (AvgIpc) is 2.71. The first-order chi connectivity index (χ1) is 13.2. The Balaban J connectivity index is 1.85. The fourth-order valence-electron chi connectivity index (χ4n) is 3.21. The van der Waals surface area contributed by atoms with Crippen LogP contribution in [0.2, 0.25) is 0 Å². The Morgan fingerprint density at radius 3 is 2.22 bits per heavy atom. The van der Waals surface area contributed by atoms with Crippen LogP contribution in [-0.2, 0) is 11.2 Å². The van der Waals surface area contributed by atoms with Crippen LogP contribution in [-0.4, -0.2) is 13.2 Å². The van der Waals surface area contributed by atoms with Crippen LogP contribution < -0.4 is 0 Å². The van der Waals surface area contributed by atoms with E-state index in [0.717, 1.165) is 38.0 Å². The zero-order valence-electron chi connectivity index (χ0n) is 15.6. The molecule has 0 atom stereocenters. The predicted octanol–water partition coefficient (Wildman–Crippen LogP) is 6.66. The summed E-state index contributed by atoms with van der Waals surface area (Å²) in [4.78, 5) is 0. The highest BCUT2D eigenvalue weighted by atomic mass is 19.2. The average molecular weight is 366 g/mol. The van der Waals surface area contributed by atoms with E-state index < -0.39 is 11.6 Å². The highest BCUT2D eigenvalue weighted by Gasteiger charge is 2.16. The molecule has 0 heterocycles. The van der Waals surface area contributed by atoms with Gasteiger partial charge in [-0.15, -0.1) is 0 Å². The quantitative estimate of drug-likeness (QED) is 0.405. The molecule has 0 spiro atoms. The molecule has 0 aliphatic carbocycles. The summed E-state index contributed by atoms with van der Waals surface area (Å²) in [6, 6.07) is 20.1. The van der Waals surface area contributed by atoms with E-state index in [0.29, 0.717) is 16.7 Å². The maximum absolute atomic E-state index is 14.7. The van der Waals surface area contributed by atoms with Crippen molar-refractivity contribution < 1.29 is 13.5 Å². The highest BCUT2D eigenvalue weighted by molar-refractivity contribution is 5.84. The molecule has 27 heavy (non-hydrogen) atoms. The summed E-state index contributed by atoms with van der Waals surface area (Å²) in [5, 5.41) is 0. The van der Waals surface area contributed by atoms with E-state index in [1.165, 1.54) is 11.6 Å². The number of halogens is 2. The first-order valence-corrected chi connectivity index (χ1v) is 9.41. The van der Waals surface area contributed by atoms with Gasteiger partial charge in [-0.1, -0.05) is 60.7 Å². The van der Waals surface area contributed by atoms with Gasteiger partial charge in [0.1, 0.15) is 0 Å². The fraction of sp³-hybridized carbons (Fsp3) is 0.250. The van der Waals surface area contributed by atoms with Crippen LogP contribution >= 0.6 is 0 Å². The lowest BCUT2D eigenvalue weighted by molar-refractivity contribution is 0.143. The van der Waals surface area contributed by atoms with Crippen molar-refractivity contribution in [1.29, 1.82) is 0 Å². The maximum Gasteiger partial charge on any atom is 0.167 e. The number of ether oxygens (including phenoxy) is 1. The second-order valence-corrected chi connectivity index (χ2v) is 6.50. The molecule has 0 amide bonds. The molecule has 0 saturated heterocycles. The number of hydrogen-bond donors (Lipinski definition) is 0. The van der Waals surface area contributed by atoms with E-state index in [1.807, 2.05) is 61.5 Å². The molecule has 1 nitrogen and oxygen atoms in total. The standard InChI is InChI=1S/C24H24F2O/c1-2-27-17-7-6-8-18-11-13-20(14-12-18)23-21(15-16-22(25)24(23)26)19-9-4-3-5-10-19/h3-5,9-16H,2,6-8,17H2,1H3. The molecule has 0 N–H and O–H groups in total. The van der Waals surface area contributed by atoms with Crippen molar-refractivity contribution in [1.82, 2.24) is 0 Å². The van der Waals surface area contributed by atoms with Crippen LogP contribution in [0.4, 0.5) is 8.78 Å². The molecular weight excluding hydrogens is 342 g/mol. The first-order valence-electron chi connectivity index (χ1n) is 9.41. The Kier molecular flexibility index (Phi) is 6.72. The van der Waals surface area contributed by atoms with E-state index in [1.54, 1.807) is 6.07 Å². The molecule has 0 saturated carbocycles. The van der Waals surface area contributed by atoms with Gasteiger partial charge in [0, 0.05) is 18.8 Å². The second kappa shape index (κ2) is 9.43. The Morgan fingerprint density at radius 2 is 1.52 bits per heavy atom. The van der Waals surface area contributed by atoms with Crippen molar-refractivity contribution in [3.8, 4) is 22.3 Å². The van der Waals surface area contributed by atoms with Crippen molar-refractivity contribution in [3.05, 3.63) is 83.9 Å². The lowest BCUT2D eigenvalue weighted by Crippen LogP contribution is -1.96. The van der Waals surface area contributed by atoms with E-state index in [2.05, 4.69) is 0 Å². The van der Waals surface area contributed by atoms with Crippen molar-refractivity contribution in [2.75, 3.05) is 13.2 Å². The lowest BCUT2D eigenvalue weighted by atomic mass is 9.93. The van der Waals surface area contributed by atoms with Crippen LogP contribution in [0.3, 0.4) is 0 Å². The summed E-state index contributed by atoms with van der Waals surface area (Å²) in [5.41, 5.74) is 3.74. The maximum atomic E-state index is 14.7. The van der Waals surface area contributed by atoms with Gasteiger partial charge in [0.05, 0.1) is 0 Å². The van der Waals surface area contributed by atoms with Gasteiger partial charge < -0.3 is 4.74 Å². The third-order valence-corrected chi connectivity index (χ3v) is 4.63.